The summed E-state index contributed by atoms with van der Waals surface area (Å²) < 4.78 is 41.5. The number of halogens is 3. The van der Waals surface area contributed by atoms with Crippen molar-refractivity contribution in [3.8, 4) is 5.69 Å². The SMILES string of the molecule is O=C(O)c1cn(-c2cnc(N3CCC(F)(F)C3)c(F)c2)nn1. The van der Waals surface area contributed by atoms with E-state index >= 15 is 0 Å². The minimum Gasteiger partial charge on any atom is -0.476 e. The summed E-state index contributed by atoms with van der Waals surface area (Å²) in [7, 11) is 0. The average Bonchev–Trinajstić information content (AvgIpc) is 3.05. The highest BCUT2D eigenvalue weighted by atomic mass is 19.3. The maximum atomic E-state index is 14.1. The lowest BCUT2D eigenvalue weighted by atomic mass is 10.3. The Labute approximate surface area is 122 Å². The third kappa shape index (κ3) is 2.59. The van der Waals surface area contributed by atoms with Crippen LogP contribution in [0.3, 0.4) is 0 Å². The lowest BCUT2D eigenvalue weighted by Gasteiger charge is -2.17. The Balaban J connectivity index is 1.87. The molecule has 10 heteroatoms. The molecule has 1 aliphatic heterocycles. The predicted octanol–water partition coefficient (Wildman–Crippen LogP) is 1.34. The Kier molecular flexibility index (Phi) is 3.23. The molecule has 0 aliphatic carbocycles. The van der Waals surface area contributed by atoms with Crippen molar-refractivity contribution >= 4 is 11.8 Å². The Hall–Kier alpha value is -2.65. The van der Waals surface area contributed by atoms with E-state index in [-0.39, 0.29) is 30.2 Å². The zero-order valence-corrected chi connectivity index (χ0v) is 11.1. The van der Waals surface area contributed by atoms with Crippen molar-refractivity contribution in [3.63, 3.8) is 0 Å². The number of nitrogens with zero attached hydrogens (tertiary/aromatic N) is 5. The minimum atomic E-state index is -2.85. The number of hydrogen-bond donors (Lipinski definition) is 1. The van der Waals surface area contributed by atoms with Crippen LogP contribution >= 0.6 is 0 Å². The number of anilines is 1. The lowest BCUT2D eigenvalue weighted by molar-refractivity contribution is 0.0256. The lowest BCUT2D eigenvalue weighted by Crippen LogP contribution is -2.26. The van der Waals surface area contributed by atoms with E-state index in [9.17, 15) is 18.0 Å². The second kappa shape index (κ2) is 4.97. The first-order chi connectivity index (χ1) is 10.4. The molecule has 0 spiro atoms. The Morgan fingerprint density at radius 3 is 2.73 bits per heavy atom. The zero-order chi connectivity index (χ0) is 15.9. The van der Waals surface area contributed by atoms with Crippen molar-refractivity contribution < 1.29 is 23.1 Å². The molecule has 22 heavy (non-hydrogen) atoms. The molecule has 0 unspecified atom stereocenters. The number of carboxylic acid groups (broad SMARTS) is 1. The van der Waals surface area contributed by atoms with Crippen molar-refractivity contribution in [2.75, 3.05) is 18.0 Å². The fourth-order valence-electron chi connectivity index (χ4n) is 2.18. The van der Waals surface area contributed by atoms with Crippen LogP contribution in [0, 0.1) is 5.82 Å². The fourth-order valence-corrected chi connectivity index (χ4v) is 2.18. The van der Waals surface area contributed by atoms with Crippen LogP contribution in [0.1, 0.15) is 16.9 Å². The van der Waals surface area contributed by atoms with Gasteiger partial charge in [0.1, 0.15) is 0 Å². The van der Waals surface area contributed by atoms with Crippen LogP contribution in [-0.4, -0.2) is 50.1 Å². The van der Waals surface area contributed by atoms with Gasteiger partial charge in [0.15, 0.2) is 17.3 Å². The molecule has 116 valence electrons. The van der Waals surface area contributed by atoms with Gasteiger partial charge in [-0.25, -0.2) is 27.6 Å². The van der Waals surface area contributed by atoms with Gasteiger partial charge in [0.05, 0.1) is 24.6 Å². The number of aromatic nitrogens is 4. The van der Waals surface area contributed by atoms with Crippen molar-refractivity contribution in [1.29, 1.82) is 0 Å². The largest absolute Gasteiger partial charge is 0.476 e. The minimum absolute atomic E-state index is 0.0166. The molecular formula is C12H10F3N5O2. The maximum Gasteiger partial charge on any atom is 0.358 e. The normalized spacial score (nSPS) is 17.0. The highest BCUT2D eigenvalue weighted by molar-refractivity contribution is 5.84. The quantitative estimate of drug-likeness (QED) is 0.920. The first kappa shape index (κ1) is 14.3. The Morgan fingerprint density at radius 2 is 2.18 bits per heavy atom. The van der Waals surface area contributed by atoms with Crippen LogP contribution in [0.25, 0.3) is 5.69 Å². The van der Waals surface area contributed by atoms with E-state index in [0.29, 0.717) is 0 Å². The van der Waals surface area contributed by atoms with Crippen LogP contribution in [0.4, 0.5) is 19.0 Å². The molecule has 2 aromatic rings. The molecule has 3 heterocycles. The summed E-state index contributed by atoms with van der Waals surface area (Å²) in [5.74, 6) is -5.08. The third-order valence-electron chi connectivity index (χ3n) is 3.25. The summed E-state index contributed by atoms with van der Waals surface area (Å²) in [6, 6.07) is 1.04. The average molecular weight is 313 g/mol. The summed E-state index contributed by atoms with van der Waals surface area (Å²) in [5, 5.41) is 15.7. The zero-order valence-electron chi connectivity index (χ0n) is 11.1. The molecular weight excluding hydrogens is 303 g/mol. The summed E-state index contributed by atoms with van der Waals surface area (Å²) in [6.45, 7) is -0.564. The third-order valence-corrected chi connectivity index (χ3v) is 3.25. The van der Waals surface area contributed by atoms with Crippen molar-refractivity contribution in [2.45, 2.75) is 12.3 Å². The van der Waals surface area contributed by atoms with E-state index in [2.05, 4.69) is 15.3 Å². The summed E-state index contributed by atoms with van der Waals surface area (Å²) >= 11 is 0. The molecule has 0 aromatic carbocycles. The maximum absolute atomic E-state index is 14.1. The van der Waals surface area contributed by atoms with Crippen LogP contribution < -0.4 is 4.90 Å². The van der Waals surface area contributed by atoms with Gasteiger partial charge in [-0.15, -0.1) is 5.10 Å². The van der Waals surface area contributed by atoms with Crippen LogP contribution in [0.2, 0.25) is 0 Å². The van der Waals surface area contributed by atoms with Gasteiger partial charge < -0.3 is 10.0 Å². The van der Waals surface area contributed by atoms with Crippen LogP contribution in [0.5, 0.6) is 0 Å². The number of hydrogen-bond acceptors (Lipinski definition) is 5. The van der Waals surface area contributed by atoms with Gasteiger partial charge in [-0.05, 0) is 0 Å². The van der Waals surface area contributed by atoms with Gasteiger partial charge in [-0.3, -0.25) is 0 Å². The molecule has 0 radical (unpaired) electrons. The standard InChI is InChI=1S/C12H10F3N5O2/c13-8-3-7(20-5-9(11(21)22)17-18-20)4-16-10(8)19-2-1-12(14,15)6-19/h3-5H,1-2,6H2,(H,21,22). The molecule has 1 aliphatic rings. The van der Waals surface area contributed by atoms with Gasteiger partial charge in [0.2, 0.25) is 0 Å². The number of pyridine rings is 1. The summed E-state index contributed by atoms with van der Waals surface area (Å²) in [5.41, 5.74) is -0.157. The van der Waals surface area contributed by atoms with E-state index < -0.39 is 24.3 Å². The Bertz CT molecular complexity index is 733. The molecule has 0 amide bonds. The van der Waals surface area contributed by atoms with E-state index in [1.54, 1.807) is 0 Å². The van der Waals surface area contributed by atoms with Gasteiger partial charge in [0.25, 0.3) is 5.92 Å². The summed E-state index contributed by atoms with van der Waals surface area (Å²) in [6.07, 6.45) is 1.97. The second-order valence-corrected chi connectivity index (χ2v) is 4.88. The molecule has 0 bridgehead atoms. The molecule has 7 nitrogen and oxygen atoms in total. The van der Waals surface area contributed by atoms with Crippen molar-refractivity contribution in [2.24, 2.45) is 0 Å². The molecule has 1 N–H and O–H groups in total. The van der Waals surface area contributed by atoms with E-state index in [1.165, 1.54) is 11.1 Å². The first-order valence-corrected chi connectivity index (χ1v) is 6.30. The number of alkyl halides is 2. The second-order valence-electron chi connectivity index (χ2n) is 4.88. The molecule has 0 atom stereocenters. The molecule has 3 rings (SSSR count). The number of carboxylic acids is 1. The number of carbonyl (C=O) groups is 1. The van der Waals surface area contributed by atoms with E-state index in [1.807, 2.05) is 0 Å². The van der Waals surface area contributed by atoms with Gasteiger partial charge in [0, 0.05) is 19.0 Å². The van der Waals surface area contributed by atoms with E-state index in [4.69, 9.17) is 5.11 Å². The first-order valence-electron chi connectivity index (χ1n) is 6.30. The van der Waals surface area contributed by atoms with Gasteiger partial charge in [-0.2, -0.15) is 0 Å². The van der Waals surface area contributed by atoms with Gasteiger partial charge in [-0.1, -0.05) is 5.21 Å². The molecule has 0 saturated carbocycles. The fraction of sp³-hybridized carbons (Fsp3) is 0.333. The topological polar surface area (TPSA) is 84.1 Å². The van der Waals surface area contributed by atoms with Gasteiger partial charge >= 0.3 is 5.97 Å². The van der Waals surface area contributed by atoms with Crippen LogP contribution in [0.15, 0.2) is 18.5 Å². The predicted molar refractivity (Wildman–Crippen MR) is 67.8 cm³/mol. The highest BCUT2D eigenvalue weighted by Crippen LogP contribution is 2.31. The highest BCUT2D eigenvalue weighted by Gasteiger charge is 2.39. The number of aromatic carboxylic acids is 1. The Morgan fingerprint density at radius 1 is 1.41 bits per heavy atom. The molecule has 1 fully saturated rings. The number of rotatable bonds is 3. The summed E-state index contributed by atoms with van der Waals surface area (Å²) in [4.78, 5) is 15.7. The van der Waals surface area contributed by atoms with Crippen molar-refractivity contribution in [1.82, 2.24) is 20.0 Å². The smallest absolute Gasteiger partial charge is 0.358 e. The molecule has 1 saturated heterocycles. The monoisotopic (exact) mass is 313 g/mol. The van der Waals surface area contributed by atoms with Crippen LogP contribution in [-0.2, 0) is 0 Å². The van der Waals surface area contributed by atoms with Crippen molar-refractivity contribution in [3.05, 3.63) is 30.0 Å². The van der Waals surface area contributed by atoms with E-state index in [0.717, 1.165) is 16.9 Å². The molecule has 2 aromatic heterocycles.